The summed E-state index contributed by atoms with van der Waals surface area (Å²) in [7, 11) is 3.21. The van der Waals surface area contributed by atoms with Crippen LogP contribution in [-0.4, -0.2) is 25.1 Å². The van der Waals surface area contributed by atoms with Crippen LogP contribution < -0.4 is 20.1 Å². The molecule has 0 atom stereocenters. The van der Waals surface area contributed by atoms with E-state index >= 15 is 0 Å². The van der Waals surface area contributed by atoms with Crippen molar-refractivity contribution < 1.29 is 14.3 Å². The van der Waals surface area contributed by atoms with E-state index < -0.39 is 0 Å². The van der Waals surface area contributed by atoms with Crippen LogP contribution in [0, 0.1) is 0 Å². The Morgan fingerprint density at radius 1 is 1.04 bits per heavy atom. The van der Waals surface area contributed by atoms with E-state index in [1.165, 1.54) is 0 Å². The number of aromatic nitrogens is 1. The number of carbonyl (C=O) groups excluding carboxylic acids is 1. The summed E-state index contributed by atoms with van der Waals surface area (Å²) in [5, 5.41) is 6.54. The lowest BCUT2D eigenvalue weighted by Crippen LogP contribution is -2.12. The lowest BCUT2D eigenvalue weighted by molar-refractivity contribution is 0.102. The summed E-state index contributed by atoms with van der Waals surface area (Å²) in [5.41, 5.74) is 2.34. The fraction of sp³-hybridized carbons (Fsp3) is 0.143. The second-order valence-corrected chi connectivity index (χ2v) is 6.38. The minimum absolute atomic E-state index is 0.263. The first-order valence-electron chi connectivity index (χ1n) is 8.57. The van der Waals surface area contributed by atoms with Crippen LogP contribution in [0.25, 0.3) is 0 Å². The summed E-state index contributed by atoms with van der Waals surface area (Å²) < 4.78 is 10.6. The zero-order valence-electron chi connectivity index (χ0n) is 15.5. The number of nitrogens with one attached hydrogen (secondary N) is 2. The number of benzene rings is 2. The predicted molar refractivity (Wildman–Crippen MR) is 111 cm³/mol. The SMILES string of the molecule is COc1ccc(CNc2ccc(NC(=O)c3cccc(Cl)c3)nc2)cc1OC. The van der Waals surface area contributed by atoms with Gasteiger partial charge in [-0.05, 0) is 48.0 Å². The number of amides is 1. The molecule has 0 saturated carbocycles. The van der Waals surface area contributed by atoms with Crippen LogP contribution >= 0.6 is 11.6 Å². The zero-order chi connectivity index (χ0) is 19.9. The largest absolute Gasteiger partial charge is 0.493 e. The summed E-state index contributed by atoms with van der Waals surface area (Å²) in [4.78, 5) is 16.5. The van der Waals surface area contributed by atoms with Crippen molar-refractivity contribution in [3.8, 4) is 11.5 Å². The molecule has 0 saturated heterocycles. The van der Waals surface area contributed by atoms with E-state index in [-0.39, 0.29) is 5.91 Å². The molecule has 0 unspecified atom stereocenters. The van der Waals surface area contributed by atoms with Gasteiger partial charge in [-0.25, -0.2) is 4.98 Å². The maximum absolute atomic E-state index is 12.2. The Labute approximate surface area is 168 Å². The Morgan fingerprint density at radius 2 is 1.86 bits per heavy atom. The van der Waals surface area contributed by atoms with E-state index in [4.69, 9.17) is 21.1 Å². The normalized spacial score (nSPS) is 10.2. The van der Waals surface area contributed by atoms with Gasteiger partial charge < -0.3 is 20.1 Å². The average Bonchev–Trinajstić information content (AvgIpc) is 2.73. The summed E-state index contributed by atoms with van der Waals surface area (Å²) in [6.45, 7) is 0.594. The molecule has 2 N–H and O–H groups in total. The number of ether oxygens (including phenoxy) is 2. The molecule has 28 heavy (non-hydrogen) atoms. The molecule has 3 aromatic rings. The van der Waals surface area contributed by atoms with Crippen molar-refractivity contribution in [2.45, 2.75) is 6.54 Å². The molecule has 0 aliphatic rings. The van der Waals surface area contributed by atoms with E-state index in [1.807, 2.05) is 24.3 Å². The standard InChI is InChI=1S/C21H20ClN3O3/c1-27-18-8-6-14(10-19(18)28-2)12-23-17-7-9-20(24-13-17)25-21(26)15-4-3-5-16(22)11-15/h3-11,13,23H,12H2,1-2H3,(H,24,25,26). The van der Waals surface area contributed by atoms with Gasteiger partial charge >= 0.3 is 0 Å². The van der Waals surface area contributed by atoms with Gasteiger partial charge in [0, 0.05) is 17.1 Å². The van der Waals surface area contributed by atoms with Gasteiger partial charge in [0.2, 0.25) is 0 Å². The van der Waals surface area contributed by atoms with E-state index in [0.29, 0.717) is 34.4 Å². The fourth-order valence-electron chi connectivity index (χ4n) is 2.59. The van der Waals surface area contributed by atoms with Crippen molar-refractivity contribution in [1.82, 2.24) is 4.98 Å². The molecule has 0 fully saturated rings. The smallest absolute Gasteiger partial charge is 0.256 e. The molecule has 3 rings (SSSR count). The number of hydrogen-bond acceptors (Lipinski definition) is 5. The van der Waals surface area contributed by atoms with Crippen LogP contribution in [0.15, 0.2) is 60.8 Å². The molecule has 6 nitrogen and oxygen atoms in total. The van der Waals surface area contributed by atoms with Crippen LogP contribution in [-0.2, 0) is 6.54 Å². The van der Waals surface area contributed by atoms with E-state index in [0.717, 1.165) is 11.3 Å². The van der Waals surface area contributed by atoms with E-state index in [1.54, 1.807) is 50.7 Å². The Morgan fingerprint density at radius 3 is 2.54 bits per heavy atom. The van der Waals surface area contributed by atoms with Crippen molar-refractivity contribution in [2.24, 2.45) is 0 Å². The third kappa shape index (κ3) is 4.92. The molecule has 1 aromatic heterocycles. The third-order valence-electron chi connectivity index (χ3n) is 4.04. The summed E-state index contributed by atoms with van der Waals surface area (Å²) >= 11 is 5.92. The molecule has 1 heterocycles. The van der Waals surface area contributed by atoms with Gasteiger partial charge in [-0.2, -0.15) is 0 Å². The first-order valence-corrected chi connectivity index (χ1v) is 8.94. The van der Waals surface area contributed by atoms with Crippen LogP contribution in [0.3, 0.4) is 0 Å². The number of anilines is 2. The highest BCUT2D eigenvalue weighted by molar-refractivity contribution is 6.31. The third-order valence-corrected chi connectivity index (χ3v) is 4.27. The van der Waals surface area contributed by atoms with Crippen molar-refractivity contribution >= 4 is 29.0 Å². The van der Waals surface area contributed by atoms with Gasteiger partial charge in [-0.1, -0.05) is 23.7 Å². The highest BCUT2D eigenvalue weighted by Crippen LogP contribution is 2.27. The van der Waals surface area contributed by atoms with Crippen molar-refractivity contribution in [2.75, 3.05) is 24.9 Å². The van der Waals surface area contributed by atoms with Gasteiger partial charge in [0.15, 0.2) is 11.5 Å². The Hall–Kier alpha value is -3.25. The molecular weight excluding hydrogens is 378 g/mol. The molecule has 0 aliphatic carbocycles. The minimum Gasteiger partial charge on any atom is -0.493 e. The summed E-state index contributed by atoms with van der Waals surface area (Å²) in [6.07, 6.45) is 1.66. The maximum atomic E-state index is 12.2. The Balaban J connectivity index is 1.59. The average molecular weight is 398 g/mol. The molecule has 0 radical (unpaired) electrons. The molecule has 1 amide bonds. The predicted octanol–water partition coefficient (Wildman–Crippen LogP) is 4.62. The quantitative estimate of drug-likeness (QED) is 0.608. The fourth-order valence-corrected chi connectivity index (χ4v) is 2.78. The number of halogens is 1. The number of rotatable bonds is 7. The Bertz CT molecular complexity index is 961. The lowest BCUT2D eigenvalue weighted by Gasteiger charge is -2.11. The lowest BCUT2D eigenvalue weighted by atomic mass is 10.2. The highest BCUT2D eigenvalue weighted by Gasteiger charge is 2.08. The molecule has 0 aliphatic heterocycles. The van der Waals surface area contributed by atoms with Crippen LogP contribution in [0.5, 0.6) is 11.5 Å². The second kappa shape index (κ2) is 9.10. The number of carbonyl (C=O) groups is 1. The number of pyridine rings is 1. The van der Waals surface area contributed by atoms with Gasteiger partial charge in [-0.15, -0.1) is 0 Å². The highest BCUT2D eigenvalue weighted by atomic mass is 35.5. The van der Waals surface area contributed by atoms with Crippen LogP contribution in [0.1, 0.15) is 15.9 Å². The van der Waals surface area contributed by atoms with Gasteiger partial charge in [-0.3, -0.25) is 4.79 Å². The second-order valence-electron chi connectivity index (χ2n) is 5.94. The van der Waals surface area contributed by atoms with Crippen molar-refractivity contribution in [1.29, 1.82) is 0 Å². The first kappa shape index (κ1) is 19.5. The van der Waals surface area contributed by atoms with E-state index in [2.05, 4.69) is 15.6 Å². The molecule has 7 heteroatoms. The van der Waals surface area contributed by atoms with Crippen molar-refractivity contribution in [3.05, 3.63) is 76.9 Å². The van der Waals surface area contributed by atoms with Gasteiger partial charge in [0.1, 0.15) is 5.82 Å². The monoisotopic (exact) mass is 397 g/mol. The molecule has 2 aromatic carbocycles. The van der Waals surface area contributed by atoms with Crippen LogP contribution in [0.4, 0.5) is 11.5 Å². The number of nitrogens with zero attached hydrogens (tertiary/aromatic N) is 1. The van der Waals surface area contributed by atoms with E-state index in [9.17, 15) is 4.79 Å². The zero-order valence-corrected chi connectivity index (χ0v) is 16.3. The first-order chi connectivity index (χ1) is 13.6. The Kier molecular flexibility index (Phi) is 6.34. The topological polar surface area (TPSA) is 72.5 Å². The van der Waals surface area contributed by atoms with Crippen LogP contribution in [0.2, 0.25) is 5.02 Å². The number of methoxy groups -OCH3 is 2. The van der Waals surface area contributed by atoms with Crippen molar-refractivity contribution in [3.63, 3.8) is 0 Å². The molecule has 0 spiro atoms. The van der Waals surface area contributed by atoms with Gasteiger partial charge in [0.25, 0.3) is 5.91 Å². The number of hydrogen-bond donors (Lipinski definition) is 2. The maximum Gasteiger partial charge on any atom is 0.256 e. The summed E-state index contributed by atoms with van der Waals surface area (Å²) in [6, 6.07) is 16.1. The molecule has 0 bridgehead atoms. The summed E-state index contributed by atoms with van der Waals surface area (Å²) in [5.74, 6) is 1.56. The minimum atomic E-state index is -0.263. The molecule has 144 valence electrons. The molecular formula is C21H20ClN3O3. The van der Waals surface area contributed by atoms with Gasteiger partial charge in [0.05, 0.1) is 26.1 Å².